The zero-order valence-corrected chi connectivity index (χ0v) is 12.0. The van der Waals surface area contributed by atoms with Gasteiger partial charge in [0.15, 0.2) is 0 Å². The van der Waals surface area contributed by atoms with Crippen molar-refractivity contribution in [2.45, 2.75) is 24.3 Å². The van der Waals surface area contributed by atoms with Gasteiger partial charge in [-0.1, -0.05) is 0 Å². The van der Waals surface area contributed by atoms with E-state index in [1.54, 1.807) is 18.0 Å². The van der Waals surface area contributed by atoms with E-state index in [-0.39, 0.29) is 6.04 Å². The van der Waals surface area contributed by atoms with Crippen molar-refractivity contribution >= 4 is 11.8 Å². The predicted octanol–water partition coefficient (Wildman–Crippen LogP) is 3.49. The van der Waals surface area contributed by atoms with Crippen LogP contribution in [0.1, 0.15) is 12.5 Å². The lowest BCUT2D eigenvalue weighted by molar-refractivity contribution is 0.478. The van der Waals surface area contributed by atoms with E-state index >= 15 is 0 Å². The number of rotatable bonds is 5. The molecule has 0 saturated carbocycles. The summed E-state index contributed by atoms with van der Waals surface area (Å²) in [5.41, 5.74) is 6.88. The minimum absolute atomic E-state index is 0.123. The summed E-state index contributed by atoms with van der Waals surface area (Å²) in [5.74, 6) is 1.56. The standard InChI is InChI=1S/C15H18N2OS/c1-11(16)7-12-8-14(10-17-9-12)18-13-3-5-15(19-2)6-4-13/h3-6,8-11H,7,16H2,1-2H3. The number of ether oxygens (including phenoxy) is 1. The average Bonchev–Trinajstić information content (AvgIpc) is 2.39. The van der Waals surface area contributed by atoms with Crippen molar-refractivity contribution in [2.75, 3.05) is 6.26 Å². The summed E-state index contributed by atoms with van der Waals surface area (Å²) < 4.78 is 5.79. The van der Waals surface area contributed by atoms with E-state index in [4.69, 9.17) is 10.5 Å². The van der Waals surface area contributed by atoms with Crippen LogP contribution in [0, 0.1) is 0 Å². The number of nitrogens with two attached hydrogens (primary N) is 1. The van der Waals surface area contributed by atoms with Gasteiger partial charge < -0.3 is 10.5 Å². The minimum atomic E-state index is 0.123. The molecule has 0 aliphatic heterocycles. The molecule has 0 amide bonds. The second-order valence-corrected chi connectivity index (χ2v) is 5.37. The highest BCUT2D eigenvalue weighted by Gasteiger charge is 2.02. The number of thioether (sulfide) groups is 1. The zero-order valence-electron chi connectivity index (χ0n) is 11.2. The van der Waals surface area contributed by atoms with Crippen LogP contribution in [0.5, 0.6) is 11.5 Å². The maximum atomic E-state index is 5.79. The molecule has 1 unspecified atom stereocenters. The van der Waals surface area contributed by atoms with Crippen LogP contribution in [0.25, 0.3) is 0 Å². The molecule has 2 aromatic rings. The van der Waals surface area contributed by atoms with Gasteiger partial charge in [-0.05, 0) is 55.5 Å². The van der Waals surface area contributed by atoms with E-state index < -0.39 is 0 Å². The second-order valence-electron chi connectivity index (χ2n) is 4.49. The van der Waals surface area contributed by atoms with Gasteiger partial charge in [0.1, 0.15) is 11.5 Å². The van der Waals surface area contributed by atoms with Crippen molar-refractivity contribution in [2.24, 2.45) is 5.73 Å². The molecule has 0 aliphatic carbocycles. The average molecular weight is 274 g/mol. The molecule has 100 valence electrons. The molecule has 4 heteroatoms. The summed E-state index contributed by atoms with van der Waals surface area (Å²) in [6.07, 6.45) is 6.40. The van der Waals surface area contributed by atoms with Crippen molar-refractivity contribution in [3.8, 4) is 11.5 Å². The highest BCUT2D eigenvalue weighted by atomic mass is 32.2. The molecule has 0 spiro atoms. The Labute approximate surface area is 118 Å². The predicted molar refractivity (Wildman–Crippen MR) is 79.9 cm³/mol. The third kappa shape index (κ3) is 4.26. The summed E-state index contributed by atoms with van der Waals surface area (Å²) in [6.45, 7) is 1.98. The molecule has 0 bridgehead atoms. The van der Waals surface area contributed by atoms with Gasteiger partial charge in [0.2, 0.25) is 0 Å². The van der Waals surface area contributed by atoms with Crippen molar-refractivity contribution < 1.29 is 4.74 Å². The third-order valence-electron chi connectivity index (χ3n) is 2.62. The van der Waals surface area contributed by atoms with Crippen LogP contribution in [0.4, 0.5) is 0 Å². The number of aromatic nitrogens is 1. The molecule has 0 fully saturated rings. The Morgan fingerprint density at radius 2 is 1.95 bits per heavy atom. The third-order valence-corrected chi connectivity index (χ3v) is 3.37. The highest BCUT2D eigenvalue weighted by molar-refractivity contribution is 7.98. The topological polar surface area (TPSA) is 48.1 Å². The molecular weight excluding hydrogens is 256 g/mol. The Morgan fingerprint density at radius 1 is 1.21 bits per heavy atom. The Balaban J connectivity index is 2.09. The summed E-state index contributed by atoms with van der Waals surface area (Å²) in [7, 11) is 0. The van der Waals surface area contributed by atoms with Crippen LogP contribution in [0.3, 0.4) is 0 Å². The number of pyridine rings is 1. The van der Waals surface area contributed by atoms with E-state index in [9.17, 15) is 0 Å². The normalized spacial score (nSPS) is 12.2. The maximum Gasteiger partial charge on any atom is 0.145 e. The van der Waals surface area contributed by atoms with Gasteiger partial charge in [0.05, 0.1) is 6.20 Å². The van der Waals surface area contributed by atoms with Crippen LogP contribution in [0.15, 0.2) is 47.6 Å². The van der Waals surface area contributed by atoms with Gasteiger partial charge in [0.25, 0.3) is 0 Å². The molecule has 19 heavy (non-hydrogen) atoms. The molecule has 1 heterocycles. The van der Waals surface area contributed by atoms with Gasteiger partial charge in [-0.3, -0.25) is 4.98 Å². The molecule has 1 aromatic heterocycles. The molecule has 1 aromatic carbocycles. The molecular formula is C15H18N2OS. The Kier molecular flexibility index (Phi) is 4.82. The van der Waals surface area contributed by atoms with Crippen LogP contribution < -0.4 is 10.5 Å². The van der Waals surface area contributed by atoms with Crippen molar-refractivity contribution in [1.82, 2.24) is 4.98 Å². The van der Waals surface area contributed by atoms with E-state index in [0.717, 1.165) is 23.5 Å². The first kappa shape index (κ1) is 13.9. The molecule has 2 N–H and O–H groups in total. The number of nitrogens with zero attached hydrogens (tertiary/aromatic N) is 1. The minimum Gasteiger partial charge on any atom is -0.456 e. The van der Waals surface area contributed by atoms with Crippen LogP contribution in [0.2, 0.25) is 0 Å². The van der Waals surface area contributed by atoms with Gasteiger partial charge in [-0.25, -0.2) is 0 Å². The number of benzene rings is 1. The first-order valence-electron chi connectivity index (χ1n) is 6.19. The fourth-order valence-corrected chi connectivity index (χ4v) is 2.19. The summed E-state index contributed by atoms with van der Waals surface area (Å²) in [5, 5.41) is 0. The summed E-state index contributed by atoms with van der Waals surface area (Å²) >= 11 is 1.71. The van der Waals surface area contributed by atoms with Crippen molar-refractivity contribution in [3.05, 3.63) is 48.3 Å². The Morgan fingerprint density at radius 3 is 2.58 bits per heavy atom. The molecule has 0 radical (unpaired) electrons. The quantitative estimate of drug-likeness (QED) is 0.848. The van der Waals surface area contributed by atoms with Crippen LogP contribution in [-0.4, -0.2) is 17.3 Å². The van der Waals surface area contributed by atoms with Gasteiger partial charge >= 0.3 is 0 Å². The highest BCUT2D eigenvalue weighted by Crippen LogP contribution is 2.24. The lowest BCUT2D eigenvalue weighted by Crippen LogP contribution is -2.17. The zero-order chi connectivity index (χ0) is 13.7. The first-order valence-corrected chi connectivity index (χ1v) is 7.41. The van der Waals surface area contributed by atoms with Crippen molar-refractivity contribution in [3.63, 3.8) is 0 Å². The molecule has 2 rings (SSSR count). The van der Waals surface area contributed by atoms with E-state index in [1.807, 2.05) is 43.5 Å². The Hall–Kier alpha value is -1.52. The summed E-state index contributed by atoms with van der Waals surface area (Å²) in [4.78, 5) is 5.40. The monoisotopic (exact) mass is 274 g/mol. The van der Waals surface area contributed by atoms with E-state index in [0.29, 0.717) is 0 Å². The lowest BCUT2D eigenvalue weighted by atomic mass is 10.1. The smallest absolute Gasteiger partial charge is 0.145 e. The maximum absolute atomic E-state index is 5.79. The number of hydrogen-bond donors (Lipinski definition) is 1. The van der Waals surface area contributed by atoms with E-state index in [1.165, 1.54) is 4.90 Å². The fraction of sp³-hybridized carbons (Fsp3) is 0.267. The number of hydrogen-bond acceptors (Lipinski definition) is 4. The largest absolute Gasteiger partial charge is 0.456 e. The van der Waals surface area contributed by atoms with E-state index in [2.05, 4.69) is 11.2 Å². The summed E-state index contributed by atoms with van der Waals surface area (Å²) in [6, 6.07) is 10.1. The van der Waals surface area contributed by atoms with Gasteiger partial charge in [-0.2, -0.15) is 0 Å². The van der Waals surface area contributed by atoms with Crippen LogP contribution in [-0.2, 0) is 6.42 Å². The molecule has 0 aliphatic rings. The van der Waals surface area contributed by atoms with Gasteiger partial charge in [0, 0.05) is 17.1 Å². The first-order chi connectivity index (χ1) is 9.17. The SMILES string of the molecule is CSc1ccc(Oc2cncc(CC(C)N)c2)cc1. The van der Waals surface area contributed by atoms with Crippen molar-refractivity contribution in [1.29, 1.82) is 0 Å². The molecule has 1 atom stereocenters. The fourth-order valence-electron chi connectivity index (χ4n) is 1.78. The lowest BCUT2D eigenvalue weighted by Gasteiger charge is -2.09. The second kappa shape index (κ2) is 6.59. The van der Waals surface area contributed by atoms with Crippen LogP contribution >= 0.6 is 11.8 Å². The van der Waals surface area contributed by atoms with Gasteiger partial charge in [-0.15, -0.1) is 11.8 Å². The Bertz CT molecular complexity index is 526. The molecule has 3 nitrogen and oxygen atoms in total. The molecule has 0 saturated heterocycles.